The van der Waals surface area contributed by atoms with Crippen LogP contribution in [0.5, 0.6) is 0 Å². The van der Waals surface area contributed by atoms with Gasteiger partial charge in [0, 0.05) is 0 Å². The summed E-state index contributed by atoms with van der Waals surface area (Å²) in [5, 5.41) is 4.17. The molecule has 0 spiro atoms. The summed E-state index contributed by atoms with van der Waals surface area (Å²) < 4.78 is 0. The van der Waals surface area contributed by atoms with Crippen molar-refractivity contribution in [3.05, 3.63) is 233 Å². The highest BCUT2D eigenvalue weighted by Crippen LogP contribution is 2.52. The second kappa shape index (κ2) is 18.8. The van der Waals surface area contributed by atoms with Crippen LogP contribution in [0.4, 0.5) is 0 Å². The molecule has 8 aromatic carbocycles. The van der Waals surface area contributed by atoms with E-state index in [0.717, 1.165) is 0 Å². The van der Waals surface area contributed by atoms with Crippen molar-refractivity contribution in [1.29, 1.82) is 0 Å². The maximum Gasteiger partial charge on any atom is -0.00838 e. The molecule has 0 saturated heterocycles. The fourth-order valence-electron chi connectivity index (χ4n) is 7.48. The molecule has 0 radical (unpaired) electrons. The number of aryl methyl sites for hydroxylation is 7. The number of benzene rings is 8. The lowest BCUT2D eigenvalue weighted by Crippen LogP contribution is -2.21. The van der Waals surface area contributed by atoms with Gasteiger partial charge in [-0.2, -0.15) is 0 Å². The lowest BCUT2D eigenvalue weighted by Gasteiger charge is -2.23. The molecule has 0 aliphatic carbocycles. The molecular weight excluding hydrogens is 704 g/mol. The van der Waals surface area contributed by atoms with E-state index in [1.807, 2.05) is 36.4 Å². The Labute approximate surface area is 342 Å². The smallest absolute Gasteiger partial charge is 0.00838 e. The first-order valence-corrected chi connectivity index (χ1v) is 21.8. The Hall–Kier alpha value is -5.94. The second-order valence-electron chi connectivity index (χ2n) is 15.1. The molecule has 1 aliphatic rings. The molecule has 8 aromatic rings. The molecule has 1 heteroatoms. The van der Waals surface area contributed by atoms with Gasteiger partial charge in [-0.15, -0.1) is 0 Å². The Morgan fingerprint density at radius 3 is 1.19 bits per heavy atom. The summed E-state index contributed by atoms with van der Waals surface area (Å²) in [6, 6.07) is 68.8. The van der Waals surface area contributed by atoms with E-state index in [9.17, 15) is 0 Å². The van der Waals surface area contributed by atoms with E-state index < -0.39 is 6.89 Å². The van der Waals surface area contributed by atoms with Crippen molar-refractivity contribution in [2.24, 2.45) is 0 Å². The van der Waals surface area contributed by atoms with Gasteiger partial charge < -0.3 is 0 Å². The SMILES string of the molecule is C=P1(c2ccccc2)c2ccccc2-c2cc(-c3cc(C)ccc3C)c(C)cc21.Cc1ccccc1.Cc1ccccc1.Cc1ccccc1-c1ccccc1C. The molecule has 0 saturated carbocycles. The van der Waals surface area contributed by atoms with E-state index in [0.29, 0.717) is 0 Å². The molecule has 0 bridgehead atoms. The summed E-state index contributed by atoms with van der Waals surface area (Å²) >= 11 is 0. The number of hydrogen-bond acceptors (Lipinski definition) is 0. The van der Waals surface area contributed by atoms with E-state index in [1.54, 1.807) is 0 Å². The fourth-order valence-corrected chi connectivity index (χ4v) is 10.9. The Morgan fingerprint density at radius 2 is 0.702 bits per heavy atom. The van der Waals surface area contributed by atoms with Gasteiger partial charge in [-0.05, 0) is 139 Å². The molecule has 0 aromatic heterocycles. The first-order chi connectivity index (χ1) is 27.6. The van der Waals surface area contributed by atoms with Crippen LogP contribution >= 0.6 is 6.89 Å². The van der Waals surface area contributed by atoms with Gasteiger partial charge in [0.15, 0.2) is 0 Å². The molecule has 1 aliphatic heterocycles. The van der Waals surface area contributed by atoms with E-state index >= 15 is 0 Å². The van der Waals surface area contributed by atoms with E-state index in [4.69, 9.17) is 6.30 Å². The van der Waals surface area contributed by atoms with Crippen molar-refractivity contribution >= 4 is 29.1 Å². The van der Waals surface area contributed by atoms with Crippen LogP contribution in [0.15, 0.2) is 194 Å². The molecule has 0 nitrogen and oxygen atoms in total. The van der Waals surface area contributed by atoms with Crippen molar-refractivity contribution in [3.63, 3.8) is 0 Å². The van der Waals surface area contributed by atoms with Gasteiger partial charge in [0.2, 0.25) is 0 Å². The van der Waals surface area contributed by atoms with Gasteiger partial charge in [0.25, 0.3) is 0 Å². The third kappa shape index (κ3) is 9.55. The highest BCUT2D eigenvalue weighted by molar-refractivity contribution is 7.94. The van der Waals surface area contributed by atoms with Gasteiger partial charge in [-0.1, -0.05) is 205 Å². The number of hydrogen-bond donors (Lipinski definition) is 0. The first-order valence-electron chi connectivity index (χ1n) is 19.8. The quantitative estimate of drug-likeness (QED) is 0.157. The second-order valence-corrected chi connectivity index (χ2v) is 18.2. The molecule has 1 atom stereocenters. The van der Waals surface area contributed by atoms with Crippen molar-refractivity contribution < 1.29 is 0 Å². The van der Waals surface area contributed by atoms with Crippen LogP contribution in [0.1, 0.15) is 38.9 Å². The number of fused-ring (bicyclic) bond motifs is 3. The highest BCUT2D eigenvalue weighted by Gasteiger charge is 2.34. The summed E-state index contributed by atoms with van der Waals surface area (Å²) in [4.78, 5) is 0. The van der Waals surface area contributed by atoms with Gasteiger partial charge >= 0.3 is 0 Å². The molecule has 1 heterocycles. The van der Waals surface area contributed by atoms with Crippen LogP contribution in [0.25, 0.3) is 33.4 Å². The normalized spacial score (nSPS) is 13.3. The topological polar surface area (TPSA) is 0 Å². The molecule has 57 heavy (non-hydrogen) atoms. The van der Waals surface area contributed by atoms with Crippen LogP contribution in [0, 0.1) is 48.5 Å². The lowest BCUT2D eigenvalue weighted by molar-refractivity contribution is 1.37. The average Bonchev–Trinajstić information content (AvgIpc) is 3.48. The van der Waals surface area contributed by atoms with Crippen molar-refractivity contribution in [3.8, 4) is 33.4 Å². The minimum Gasteiger partial charge on any atom is -0.0886 e. The zero-order valence-electron chi connectivity index (χ0n) is 34.6. The van der Waals surface area contributed by atoms with Crippen molar-refractivity contribution in [1.82, 2.24) is 0 Å². The van der Waals surface area contributed by atoms with E-state index in [-0.39, 0.29) is 0 Å². The van der Waals surface area contributed by atoms with Gasteiger partial charge in [0.05, 0.1) is 0 Å². The Balaban J connectivity index is 0.000000160. The van der Waals surface area contributed by atoms with Crippen LogP contribution in [-0.2, 0) is 0 Å². The Bertz CT molecular complexity index is 2520. The zero-order valence-corrected chi connectivity index (χ0v) is 35.5. The highest BCUT2D eigenvalue weighted by atomic mass is 31.2. The molecule has 284 valence electrons. The van der Waals surface area contributed by atoms with Crippen molar-refractivity contribution in [2.45, 2.75) is 48.5 Å². The minimum atomic E-state index is -1.86. The predicted octanol–water partition coefficient (Wildman–Crippen LogP) is 13.9. The third-order valence-corrected chi connectivity index (χ3v) is 14.3. The summed E-state index contributed by atoms with van der Waals surface area (Å²) in [6.45, 7) is 13.2. The van der Waals surface area contributed by atoms with Gasteiger partial charge in [-0.25, -0.2) is 0 Å². The standard InChI is InChI=1S/C28H25P.C14H14.2C7H8/c1-19-14-15-20(2)24(16-19)25-18-26-23-12-8-9-13-27(23)29(4,28(26)17-21(25)3)22-10-6-5-7-11-22;1-11-7-3-5-9-13(11)14-10-6-4-8-12(14)2;2*1-7-5-3-2-4-6-7/h5-18H,4H2,1-3H3;3-10H,1-2H3;2*2-6H,1H3. The van der Waals surface area contributed by atoms with Crippen LogP contribution in [-0.4, -0.2) is 6.30 Å². The van der Waals surface area contributed by atoms with E-state index in [2.05, 4.69) is 206 Å². The Kier molecular flexibility index (Phi) is 13.4. The van der Waals surface area contributed by atoms with Crippen LogP contribution in [0.2, 0.25) is 0 Å². The zero-order chi connectivity index (χ0) is 40.4. The summed E-state index contributed by atoms with van der Waals surface area (Å²) in [7, 11) is 0. The third-order valence-electron chi connectivity index (χ3n) is 10.7. The first kappa shape index (κ1) is 40.7. The number of rotatable bonds is 3. The monoisotopic (exact) mass is 758 g/mol. The molecular formula is C56H55P. The van der Waals surface area contributed by atoms with Crippen molar-refractivity contribution in [2.75, 3.05) is 0 Å². The molecule has 9 rings (SSSR count). The van der Waals surface area contributed by atoms with Crippen LogP contribution < -0.4 is 15.9 Å². The predicted molar refractivity (Wildman–Crippen MR) is 255 cm³/mol. The molecule has 0 amide bonds. The van der Waals surface area contributed by atoms with Gasteiger partial charge in [-0.3, -0.25) is 0 Å². The summed E-state index contributed by atoms with van der Waals surface area (Å²) in [5.41, 5.74) is 17.3. The largest absolute Gasteiger partial charge is 0.0886 e. The maximum atomic E-state index is 4.91. The lowest BCUT2D eigenvalue weighted by atomic mass is 9.92. The summed E-state index contributed by atoms with van der Waals surface area (Å²) in [5.74, 6) is 0. The van der Waals surface area contributed by atoms with E-state index in [1.165, 1.54) is 88.2 Å². The molecule has 0 N–H and O–H groups in total. The minimum absolute atomic E-state index is 1.30. The van der Waals surface area contributed by atoms with Gasteiger partial charge in [0.1, 0.15) is 0 Å². The molecule has 1 unspecified atom stereocenters. The maximum absolute atomic E-state index is 4.91. The summed E-state index contributed by atoms with van der Waals surface area (Å²) in [6.07, 6.45) is 4.91. The van der Waals surface area contributed by atoms with Crippen LogP contribution in [0.3, 0.4) is 0 Å². The molecule has 0 fully saturated rings. The average molecular weight is 759 g/mol. The Morgan fingerprint density at radius 1 is 0.281 bits per heavy atom. The fraction of sp³-hybridized carbons (Fsp3) is 0.125.